The Morgan fingerprint density at radius 3 is 3.30 bits per heavy atom. The van der Waals surface area contributed by atoms with Gasteiger partial charge in [-0.3, -0.25) is 0 Å². The highest BCUT2D eigenvalue weighted by atomic mass is 15.2. The molecule has 0 aliphatic carbocycles. The highest BCUT2D eigenvalue weighted by molar-refractivity contribution is 4.79. The molecule has 2 nitrogen and oxygen atoms in total. The van der Waals surface area contributed by atoms with Crippen molar-refractivity contribution in [3.63, 3.8) is 0 Å². The predicted molar refractivity (Wildman–Crippen MR) is 42.0 cm³/mol. The van der Waals surface area contributed by atoms with E-state index in [9.17, 15) is 0 Å². The van der Waals surface area contributed by atoms with Gasteiger partial charge in [0, 0.05) is 6.54 Å². The van der Waals surface area contributed by atoms with Crippen LogP contribution in [-0.4, -0.2) is 37.6 Å². The van der Waals surface area contributed by atoms with Gasteiger partial charge in [0.05, 0.1) is 0 Å². The van der Waals surface area contributed by atoms with Crippen molar-refractivity contribution in [3.05, 3.63) is 0 Å². The van der Waals surface area contributed by atoms with E-state index < -0.39 is 0 Å². The molecule has 0 saturated carbocycles. The Bertz CT molecular complexity index is 102. The van der Waals surface area contributed by atoms with Crippen LogP contribution in [0.25, 0.3) is 0 Å². The molecule has 2 heterocycles. The van der Waals surface area contributed by atoms with Crippen LogP contribution in [0.15, 0.2) is 0 Å². The van der Waals surface area contributed by atoms with Crippen molar-refractivity contribution in [1.29, 1.82) is 0 Å². The summed E-state index contributed by atoms with van der Waals surface area (Å²) in [5.41, 5.74) is 0. The number of rotatable bonds is 0. The van der Waals surface area contributed by atoms with Gasteiger partial charge in [-0.2, -0.15) is 0 Å². The highest BCUT2D eigenvalue weighted by Crippen LogP contribution is 2.16. The molecule has 2 fully saturated rings. The van der Waals surface area contributed by atoms with Crippen LogP contribution in [0.5, 0.6) is 0 Å². The summed E-state index contributed by atoms with van der Waals surface area (Å²) in [4.78, 5) is 2.60. The summed E-state index contributed by atoms with van der Waals surface area (Å²) in [6.45, 7) is 6.52. The molecule has 2 atom stereocenters. The molecular formula is C8H16N2. The fourth-order valence-electron chi connectivity index (χ4n) is 2.02. The summed E-state index contributed by atoms with van der Waals surface area (Å²) in [6, 6.07) is 0. The normalized spacial score (nSPS) is 40.8. The average molecular weight is 140 g/mol. The first-order valence-electron chi connectivity index (χ1n) is 4.38. The van der Waals surface area contributed by atoms with Crippen LogP contribution < -0.4 is 5.32 Å². The number of fused-ring (bicyclic) bond motifs is 2. The lowest BCUT2D eigenvalue weighted by Gasteiger charge is -2.19. The fraction of sp³-hybridized carbons (Fsp3) is 1.00. The van der Waals surface area contributed by atoms with E-state index in [1.54, 1.807) is 0 Å². The van der Waals surface area contributed by atoms with E-state index in [0.29, 0.717) is 0 Å². The van der Waals surface area contributed by atoms with Crippen LogP contribution in [0.3, 0.4) is 0 Å². The van der Waals surface area contributed by atoms with Gasteiger partial charge >= 0.3 is 0 Å². The molecule has 2 saturated heterocycles. The Morgan fingerprint density at radius 2 is 2.30 bits per heavy atom. The quantitative estimate of drug-likeness (QED) is 0.520. The lowest BCUT2D eigenvalue weighted by atomic mass is 10.1. The number of hydrogen-bond donors (Lipinski definition) is 1. The minimum absolute atomic E-state index is 0.959. The summed E-state index contributed by atoms with van der Waals surface area (Å²) < 4.78 is 0. The molecule has 2 aliphatic heterocycles. The van der Waals surface area contributed by atoms with Crippen LogP contribution in [0.4, 0.5) is 0 Å². The first kappa shape index (κ1) is 6.62. The second kappa shape index (κ2) is 2.89. The third kappa shape index (κ3) is 1.32. The maximum absolute atomic E-state index is 3.49. The van der Waals surface area contributed by atoms with Gasteiger partial charge in [-0.25, -0.2) is 0 Å². The number of hydrogen-bond acceptors (Lipinski definition) is 2. The van der Waals surface area contributed by atoms with Crippen LogP contribution in [0, 0.1) is 5.92 Å². The van der Waals surface area contributed by atoms with Crippen LogP contribution in [0.1, 0.15) is 12.8 Å². The molecule has 1 N–H and O–H groups in total. The van der Waals surface area contributed by atoms with Gasteiger partial charge in [-0.15, -0.1) is 0 Å². The Labute approximate surface area is 62.6 Å². The average Bonchev–Trinajstić information content (AvgIpc) is 2.30. The molecule has 0 amide bonds. The lowest BCUT2D eigenvalue weighted by molar-refractivity contribution is 0.299. The fourth-order valence-corrected chi connectivity index (χ4v) is 2.02. The van der Waals surface area contributed by atoms with Crippen molar-refractivity contribution in [2.24, 2.45) is 5.92 Å². The summed E-state index contributed by atoms with van der Waals surface area (Å²) in [5, 5.41) is 3.49. The molecule has 58 valence electrons. The molecule has 0 aromatic rings. The standard InChI is InChI=1S/C8H16N2/c1-3-9-6-8-2-5-10(4-1)7-8/h8-9H,1-7H2. The van der Waals surface area contributed by atoms with Gasteiger partial charge in [0.15, 0.2) is 0 Å². The maximum atomic E-state index is 3.49. The first-order chi connectivity index (χ1) is 4.95. The zero-order valence-electron chi connectivity index (χ0n) is 6.47. The smallest absolute Gasteiger partial charge is 0.00223 e. The minimum Gasteiger partial charge on any atom is -0.316 e. The highest BCUT2D eigenvalue weighted by Gasteiger charge is 2.22. The zero-order valence-corrected chi connectivity index (χ0v) is 6.47. The Morgan fingerprint density at radius 1 is 1.30 bits per heavy atom. The van der Waals surface area contributed by atoms with E-state index in [4.69, 9.17) is 0 Å². The van der Waals surface area contributed by atoms with Gasteiger partial charge in [0.1, 0.15) is 0 Å². The summed E-state index contributed by atoms with van der Waals surface area (Å²) in [7, 11) is 0. The third-order valence-electron chi connectivity index (χ3n) is 2.63. The molecule has 0 aromatic heterocycles. The Balaban J connectivity index is 1.91. The number of nitrogens with zero attached hydrogens (tertiary/aromatic N) is 1. The molecule has 2 aliphatic rings. The SMILES string of the molecule is C1CNCC2CCN(C1)C2. The largest absolute Gasteiger partial charge is 0.316 e. The molecule has 2 heteroatoms. The van der Waals surface area contributed by atoms with Crippen molar-refractivity contribution in [2.75, 3.05) is 32.7 Å². The summed E-state index contributed by atoms with van der Waals surface area (Å²) >= 11 is 0. The van der Waals surface area contributed by atoms with Crippen molar-refractivity contribution >= 4 is 0 Å². The molecule has 0 radical (unpaired) electrons. The Kier molecular flexibility index (Phi) is 1.91. The minimum atomic E-state index is 0.959. The van der Waals surface area contributed by atoms with Gasteiger partial charge in [-0.1, -0.05) is 0 Å². The lowest BCUT2D eigenvalue weighted by Crippen LogP contribution is -2.32. The van der Waals surface area contributed by atoms with E-state index in [1.807, 2.05) is 0 Å². The van der Waals surface area contributed by atoms with Crippen molar-refractivity contribution in [1.82, 2.24) is 10.2 Å². The molecule has 10 heavy (non-hydrogen) atoms. The Hall–Kier alpha value is -0.0800. The van der Waals surface area contributed by atoms with Crippen molar-refractivity contribution in [2.45, 2.75) is 12.8 Å². The van der Waals surface area contributed by atoms with E-state index >= 15 is 0 Å². The first-order valence-corrected chi connectivity index (χ1v) is 4.38. The summed E-state index contributed by atoms with van der Waals surface area (Å²) in [5.74, 6) is 0.959. The van der Waals surface area contributed by atoms with E-state index in [1.165, 1.54) is 45.6 Å². The molecule has 0 spiro atoms. The van der Waals surface area contributed by atoms with Gasteiger partial charge in [0.25, 0.3) is 0 Å². The van der Waals surface area contributed by atoms with E-state index in [-0.39, 0.29) is 0 Å². The molecular weight excluding hydrogens is 124 g/mol. The van der Waals surface area contributed by atoms with E-state index in [0.717, 1.165) is 5.92 Å². The predicted octanol–water partition coefficient (Wildman–Crippen LogP) is 0.302. The maximum Gasteiger partial charge on any atom is 0.00223 e. The van der Waals surface area contributed by atoms with E-state index in [2.05, 4.69) is 10.2 Å². The van der Waals surface area contributed by atoms with Gasteiger partial charge in [0.2, 0.25) is 0 Å². The molecule has 0 aromatic carbocycles. The summed E-state index contributed by atoms with van der Waals surface area (Å²) in [6.07, 6.45) is 2.76. The van der Waals surface area contributed by atoms with Crippen LogP contribution in [-0.2, 0) is 0 Å². The second-order valence-electron chi connectivity index (χ2n) is 3.51. The molecule has 2 bridgehead atoms. The van der Waals surface area contributed by atoms with Gasteiger partial charge in [-0.05, 0) is 44.9 Å². The second-order valence-corrected chi connectivity index (χ2v) is 3.51. The van der Waals surface area contributed by atoms with Crippen LogP contribution >= 0.6 is 0 Å². The monoisotopic (exact) mass is 140 g/mol. The van der Waals surface area contributed by atoms with Crippen LogP contribution in [0.2, 0.25) is 0 Å². The topological polar surface area (TPSA) is 15.3 Å². The van der Waals surface area contributed by atoms with Crippen molar-refractivity contribution < 1.29 is 0 Å². The van der Waals surface area contributed by atoms with Crippen molar-refractivity contribution in [3.8, 4) is 0 Å². The van der Waals surface area contributed by atoms with Gasteiger partial charge < -0.3 is 10.2 Å². The molecule has 2 unspecified atom stereocenters. The zero-order chi connectivity index (χ0) is 6.81. The third-order valence-corrected chi connectivity index (χ3v) is 2.63. The number of nitrogens with one attached hydrogen (secondary N) is 1. The molecule has 2 rings (SSSR count).